The first-order valence-corrected chi connectivity index (χ1v) is 6.27. The second kappa shape index (κ2) is 6.15. The number of aliphatic hydroxyl groups excluding tert-OH is 1. The second-order valence-corrected chi connectivity index (χ2v) is 4.27. The summed E-state index contributed by atoms with van der Waals surface area (Å²) in [6, 6.07) is 8.98. The summed E-state index contributed by atoms with van der Waals surface area (Å²) in [5.41, 5.74) is 1.47. The van der Waals surface area contributed by atoms with Crippen molar-refractivity contribution in [1.29, 1.82) is 0 Å². The van der Waals surface area contributed by atoms with Gasteiger partial charge in [-0.05, 0) is 36.8 Å². The first kappa shape index (κ1) is 13.3. The molecule has 1 amide bonds. The summed E-state index contributed by atoms with van der Waals surface area (Å²) in [4.78, 5) is 11.8. The highest BCUT2D eigenvalue weighted by Gasteiger charge is 2.07. The number of aromatic nitrogens is 2. The van der Waals surface area contributed by atoms with Gasteiger partial charge in [-0.2, -0.15) is 5.10 Å². The van der Waals surface area contributed by atoms with E-state index in [9.17, 15) is 9.90 Å². The molecule has 0 bridgehead atoms. The maximum absolute atomic E-state index is 11.8. The number of rotatable bonds is 5. The fourth-order valence-corrected chi connectivity index (χ4v) is 1.64. The van der Waals surface area contributed by atoms with E-state index in [2.05, 4.69) is 10.4 Å². The molecule has 1 aromatic heterocycles. The summed E-state index contributed by atoms with van der Waals surface area (Å²) < 4.78 is 1.72. The number of hydrogen-bond acceptors (Lipinski definition) is 3. The number of aliphatic hydroxyl groups is 1. The molecule has 1 aromatic carbocycles. The Morgan fingerprint density at radius 2 is 2.16 bits per heavy atom. The van der Waals surface area contributed by atoms with Crippen LogP contribution in [0.25, 0.3) is 5.69 Å². The van der Waals surface area contributed by atoms with Crippen LogP contribution in [0.15, 0.2) is 42.7 Å². The van der Waals surface area contributed by atoms with Crippen molar-refractivity contribution in [1.82, 2.24) is 15.1 Å². The van der Waals surface area contributed by atoms with Gasteiger partial charge in [-0.1, -0.05) is 6.92 Å². The van der Waals surface area contributed by atoms with E-state index >= 15 is 0 Å². The number of nitrogens with zero attached hydrogens (tertiary/aromatic N) is 2. The molecule has 2 rings (SSSR count). The number of carbonyl (C=O) groups is 1. The van der Waals surface area contributed by atoms with Gasteiger partial charge >= 0.3 is 0 Å². The summed E-state index contributed by atoms with van der Waals surface area (Å²) in [6.07, 6.45) is 3.67. The molecule has 0 saturated heterocycles. The minimum absolute atomic E-state index is 0.181. The maximum Gasteiger partial charge on any atom is 0.251 e. The van der Waals surface area contributed by atoms with Crippen molar-refractivity contribution in [3.63, 3.8) is 0 Å². The van der Waals surface area contributed by atoms with Crippen molar-refractivity contribution < 1.29 is 9.90 Å². The number of nitrogens with one attached hydrogen (secondary N) is 1. The van der Waals surface area contributed by atoms with E-state index < -0.39 is 6.10 Å². The number of amides is 1. The molecule has 5 heteroatoms. The van der Waals surface area contributed by atoms with E-state index in [4.69, 9.17) is 0 Å². The molecule has 0 aliphatic heterocycles. The third kappa shape index (κ3) is 3.42. The molecule has 5 nitrogen and oxygen atoms in total. The van der Waals surface area contributed by atoms with E-state index in [1.807, 2.05) is 31.3 Å². The van der Waals surface area contributed by atoms with E-state index in [0.717, 1.165) is 5.69 Å². The molecule has 100 valence electrons. The molecule has 1 atom stereocenters. The monoisotopic (exact) mass is 259 g/mol. The standard InChI is InChI=1S/C14H17N3O2/c1-2-13(18)10-15-14(19)11-4-6-12(7-5-11)17-9-3-8-16-17/h3-9,13,18H,2,10H2,1H3,(H,15,19). The number of carbonyl (C=O) groups excluding carboxylic acids is 1. The molecule has 0 fully saturated rings. The van der Waals surface area contributed by atoms with Crippen molar-refractivity contribution in [2.75, 3.05) is 6.54 Å². The summed E-state index contributed by atoms with van der Waals surface area (Å²) >= 11 is 0. The van der Waals surface area contributed by atoms with Crippen molar-refractivity contribution in [2.24, 2.45) is 0 Å². The van der Waals surface area contributed by atoms with Crippen molar-refractivity contribution >= 4 is 5.91 Å². The Hall–Kier alpha value is -2.14. The van der Waals surface area contributed by atoms with Gasteiger partial charge in [0.05, 0.1) is 11.8 Å². The van der Waals surface area contributed by atoms with Crippen LogP contribution in [0.2, 0.25) is 0 Å². The lowest BCUT2D eigenvalue weighted by Crippen LogP contribution is -2.31. The highest BCUT2D eigenvalue weighted by molar-refractivity contribution is 5.94. The molecule has 19 heavy (non-hydrogen) atoms. The smallest absolute Gasteiger partial charge is 0.251 e. The molecular weight excluding hydrogens is 242 g/mol. The highest BCUT2D eigenvalue weighted by atomic mass is 16.3. The minimum Gasteiger partial charge on any atom is -0.391 e. The predicted octanol–water partition coefficient (Wildman–Crippen LogP) is 1.37. The molecule has 1 heterocycles. The topological polar surface area (TPSA) is 67.2 Å². The summed E-state index contributed by atoms with van der Waals surface area (Å²) in [5, 5.41) is 16.2. The van der Waals surface area contributed by atoms with E-state index in [-0.39, 0.29) is 12.5 Å². The Morgan fingerprint density at radius 1 is 1.42 bits per heavy atom. The van der Waals surface area contributed by atoms with Gasteiger partial charge in [0.1, 0.15) is 0 Å². The number of benzene rings is 1. The van der Waals surface area contributed by atoms with E-state index in [0.29, 0.717) is 12.0 Å². The molecule has 0 radical (unpaired) electrons. The van der Waals surface area contributed by atoms with Gasteiger partial charge in [0, 0.05) is 24.5 Å². The summed E-state index contributed by atoms with van der Waals surface area (Å²) in [6.45, 7) is 2.14. The Labute approximate surface area is 111 Å². The third-order valence-corrected chi connectivity index (χ3v) is 2.87. The van der Waals surface area contributed by atoms with Crippen LogP contribution in [-0.2, 0) is 0 Å². The van der Waals surface area contributed by atoms with Gasteiger partial charge in [0.2, 0.25) is 0 Å². The van der Waals surface area contributed by atoms with Gasteiger partial charge < -0.3 is 10.4 Å². The quantitative estimate of drug-likeness (QED) is 0.852. The zero-order valence-corrected chi connectivity index (χ0v) is 10.8. The van der Waals surface area contributed by atoms with E-state index in [1.165, 1.54) is 0 Å². The lowest BCUT2D eigenvalue weighted by atomic mass is 10.2. The average molecular weight is 259 g/mol. The van der Waals surface area contributed by atoms with Gasteiger partial charge in [0.25, 0.3) is 5.91 Å². The summed E-state index contributed by atoms with van der Waals surface area (Å²) in [5.74, 6) is -0.181. The molecular formula is C14H17N3O2. The molecule has 2 N–H and O–H groups in total. The Bertz CT molecular complexity index is 520. The van der Waals surface area contributed by atoms with Crippen LogP contribution in [0, 0.1) is 0 Å². The first-order chi connectivity index (χ1) is 9.20. The fourth-order valence-electron chi connectivity index (χ4n) is 1.64. The minimum atomic E-state index is -0.493. The van der Waals surface area contributed by atoms with E-state index in [1.54, 1.807) is 23.0 Å². The fraction of sp³-hybridized carbons (Fsp3) is 0.286. The van der Waals surface area contributed by atoms with Crippen LogP contribution >= 0.6 is 0 Å². The Balaban J connectivity index is 2.00. The van der Waals surface area contributed by atoms with Crippen LogP contribution in [0.5, 0.6) is 0 Å². The van der Waals surface area contributed by atoms with Crippen molar-refractivity contribution in [3.05, 3.63) is 48.3 Å². The van der Waals surface area contributed by atoms with Gasteiger partial charge in [-0.25, -0.2) is 4.68 Å². The predicted molar refractivity (Wildman–Crippen MR) is 72.2 cm³/mol. The third-order valence-electron chi connectivity index (χ3n) is 2.87. The van der Waals surface area contributed by atoms with Crippen LogP contribution in [0.1, 0.15) is 23.7 Å². The molecule has 2 aromatic rings. The SMILES string of the molecule is CCC(O)CNC(=O)c1ccc(-n2cccn2)cc1. The molecule has 0 spiro atoms. The van der Waals surface area contributed by atoms with Crippen LogP contribution in [-0.4, -0.2) is 33.4 Å². The summed E-state index contributed by atoms with van der Waals surface area (Å²) in [7, 11) is 0. The zero-order valence-electron chi connectivity index (χ0n) is 10.8. The largest absolute Gasteiger partial charge is 0.391 e. The average Bonchev–Trinajstić information content (AvgIpc) is 2.98. The maximum atomic E-state index is 11.8. The van der Waals surface area contributed by atoms with Crippen molar-refractivity contribution in [3.8, 4) is 5.69 Å². The molecule has 1 unspecified atom stereocenters. The Kier molecular flexibility index (Phi) is 4.30. The lowest BCUT2D eigenvalue weighted by Gasteiger charge is -2.09. The number of hydrogen-bond donors (Lipinski definition) is 2. The first-order valence-electron chi connectivity index (χ1n) is 6.27. The van der Waals surface area contributed by atoms with Gasteiger partial charge in [0.15, 0.2) is 0 Å². The van der Waals surface area contributed by atoms with Crippen LogP contribution in [0.4, 0.5) is 0 Å². The molecule has 0 aliphatic rings. The second-order valence-electron chi connectivity index (χ2n) is 4.27. The van der Waals surface area contributed by atoms with Crippen LogP contribution < -0.4 is 5.32 Å². The molecule has 0 aliphatic carbocycles. The van der Waals surface area contributed by atoms with Crippen LogP contribution in [0.3, 0.4) is 0 Å². The normalized spacial score (nSPS) is 12.1. The van der Waals surface area contributed by atoms with Gasteiger partial charge in [-0.15, -0.1) is 0 Å². The molecule has 0 saturated carbocycles. The Morgan fingerprint density at radius 3 is 2.74 bits per heavy atom. The lowest BCUT2D eigenvalue weighted by molar-refractivity contribution is 0.0914. The van der Waals surface area contributed by atoms with Crippen molar-refractivity contribution in [2.45, 2.75) is 19.4 Å². The zero-order chi connectivity index (χ0) is 13.7. The highest BCUT2D eigenvalue weighted by Crippen LogP contribution is 2.08. The van der Waals surface area contributed by atoms with Gasteiger partial charge in [-0.3, -0.25) is 4.79 Å².